The quantitative estimate of drug-likeness (QED) is 0.708. The molecule has 0 bridgehead atoms. The summed E-state index contributed by atoms with van der Waals surface area (Å²) in [5, 5.41) is 0. The molecule has 144 valence electrons. The van der Waals surface area contributed by atoms with Gasteiger partial charge in [-0.2, -0.15) is 4.31 Å². The molecule has 1 fully saturated rings. The minimum Gasteiger partial charge on any atom is -0.493 e. The van der Waals surface area contributed by atoms with Gasteiger partial charge in [0.15, 0.2) is 11.5 Å². The van der Waals surface area contributed by atoms with Gasteiger partial charge in [-0.3, -0.25) is 4.99 Å². The first-order valence-electron chi connectivity index (χ1n) is 8.48. The Hall–Kier alpha value is -2.42. The predicted molar refractivity (Wildman–Crippen MR) is 103 cm³/mol. The van der Waals surface area contributed by atoms with Gasteiger partial charge in [-0.1, -0.05) is 0 Å². The van der Waals surface area contributed by atoms with E-state index in [-0.39, 0.29) is 4.90 Å². The molecule has 1 heterocycles. The Morgan fingerprint density at radius 2 is 1.67 bits per heavy atom. The summed E-state index contributed by atoms with van der Waals surface area (Å²) in [6.45, 7) is 1.60. The van der Waals surface area contributed by atoms with Crippen LogP contribution in [0.15, 0.2) is 52.4 Å². The first-order valence-corrected chi connectivity index (χ1v) is 9.92. The molecule has 8 heteroatoms. The highest BCUT2D eigenvalue weighted by Gasteiger charge is 2.25. The molecular weight excluding hydrogens is 368 g/mol. The number of sulfonamides is 1. The Labute approximate surface area is 159 Å². The zero-order valence-corrected chi connectivity index (χ0v) is 16.1. The summed E-state index contributed by atoms with van der Waals surface area (Å²) >= 11 is 0. The third-order valence-electron chi connectivity index (χ3n) is 4.21. The fourth-order valence-electron chi connectivity index (χ4n) is 2.72. The minimum absolute atomic E-state index is 0.259. The molecule has 0 amide bonds. The van der Waals surface area contributed by atoms with E-state index in [9.17, 15) is 8.42 Å². The van der Waals surface area contributed by atoms with Gasteiger partial charge < -0.3 is 14.2 Å². The van der Waals surface area contributed by atoms with Gasteiger partial charge in [-0.05, 0) is 48.0 Å². The number of benzene rings is 2. The van der Waals surface area contributed by atoms with E-state index in [0.29, 0.717) is 43.5 Å². The molecule has 1 aliphatic heterocycles. The van der Waals surface area contributed by atoms with E-state index in [1.165, 1.54) is 4.31 Å². The topological polar surface area (TPSA) is 77.4 Å². The van der Waals surface area contributed by atoms with Crippen LogP contribution >= 0.6 is 0 Å². The van der Waals surface area contributed by atoms with Gasteiger partial charge in [0.25, 0.3) is 0 Å². The molecule has 0 saturated carbocycles. The molecule has 0 N–H and O–H groups in total. The highest BCUT2D eigenvalue weighted by molar-refractivity contribution is 7.89. The second kappa shape index (κ2) is 8.51. The first kappa shape index (κ1) is 19.3. The average Bonchev–Trinajstić information content (AvgIpc) is 2.73. The Morgan fingerprint density at radius 1 is 1.00 bits per heavy atom. The number of ether oxygens (including phenoxy) is 3. The van der Waals surface area contributed by atoms with Crippen molar-refractivity contribution >= 4 is 21.9 Å². The molecule has 7 nitrogen and oxygen atoms in total. The second-order valence-electron chi connectivity index (χ2n) is 5.88. The van der Waals surface area contributed by atoms with Gasteiger partial charge in [0.2, 0.25) is 10.0 Å². The van der Waals surface area contributed by atoms with Crippen LogP contribution in [-0.4, -0.2) is 59.5 Å². The first-order chi connectivity index (χ1) is 13.0. The van der Waals surface area contributed by atoms with E-state index in [4.69, 9.17) is 14.2 Å². The van der Waals surface area contributed by atoms with Crippen LogP contribution in [0.2, 0.25) is 0 Å². The predicted octanol–water partition coefficient (Wildman–Crippen LogP) is 2.48. The number of hydrogen-bond donors (Lipinski definition) is 0. The highest BCUT2D eigenvalue weighted by Crippen LogP contribution is 2.27. The maximum atomic E-state index is 12.6. The molecule has 27 heavy (non-hydrogen) atoms. The van der Waals surface area contributed by atoms with Gasteiger partial charge in [-0.15, -0.1) is 0 Å². The van der Waals surface area contributed by atoms with Crippen LogP contribution in [-0.2, 0) is 14.8 Å². The summed E-state index contributed by atoms with van der Waals surface area (Å²) in [6, 6.07) is 12.0. The van der Waals surface area contributed by atoms with Crippen molar-refractivity contribution in [3.63, 3.8) is 0 Å². The molecule has 1 saturated heterocycles. The molecule has 0 aromatic heterocycles. The van der Waals surface area contributed by atoms with E-state index in [0.717, 1.165) is 5.56 Å². The van der Waals surface area contributed by atoms with E-state index < -0.39 is 10.0 Å². The lowest BCUT2D eigenvalue weighted by atomic mass is 10.2. The summed E-state index contributed by atoms with van der Waals surface area (Å²) in [5.41, 5.74) is 1.50. The van der Waals surface area contributed by atoms with E-state index in [2.05, 4.69) is 4.99 Å². The van der Waals surface area contributed by atoms with Crippen molar-refractivity contribution < 1.29 is 22.6 Å². The maximum Gasteiger partial charge on any atom is 0.243 e. The van der Waals surface area contributed by atoms with Crippen molar-refractivity contribution in [2.24, 2.45) is 4.99 Å². The molecule has 0 radical (unpaired) electrons. The SMILES string of the molecule is COc1ccc(C=Nc2ccc(S(=O)(=O)N3CCOCC3)cc2)cc1OC. The Kier molecular flexibility index (Phi) is 6.10. The third kappa shape index (κ3) is 4.47. The Bertz CT molecular complexity index is 904. The zero-order chi connectivity index (χ0) is 19.3. The van der Waals surface area contributed by atoms with Crippen molar-refractivity contribution in [1.82, 2.24) is 4.31 Å². The average molecular weight is 390 g/mol. The lowest BCUT2D eigenvalue weighted by molar-refractivity contribution is 0.0730. The van der Waals surface area contributed by atoms with Crippen LogP contribution in [0.4, 0.5) is 5.69 Å². The van der Waals surface area contributed by atoms with Crippen LogP contribution < -0.4 is 9.47 Å². The van der Waals surface area contributed by atoms with Crippen molar-refractivity contribution in [2.45, 2.75) is 4.90 Å². The van der Waals surface area contributed by atoms with Crippen LogP contribution in [0.1, 0.15) is 5.56 Å². The number of nitrogens with zero attached hydrogens (tertiary/aromatic N) is 2. The molecule has 3 rings (SSSR count). The Morgan fingerprint density at radius 3 is 2.30 bits per heavy atom. The van der Waals surface area contributed by atoms with Crippen LogP contribution in [0.3, 0.4) is 0 Å². The molecule has 2 aromatic carbocycles. The van der Waals surface area contributed by atoms with Crippen LogP contribution in [0.5, 0.6) is 11.5 Å². The van der Waals surface area contributed by atoms with Crippen LogP contribution in [0.25, 0.3) is 0 Å². The molecule has 0 atom stereocenters. The fourth-order valence-corrected chi connectivity index (χ4v) is 4.13. The van der Waals surface area contributed by atoms with Crippen molar-refractivity contribution in [3.05, 3.63) is 48.0 Å². The van der Waals surface area contributed by atoms with E-state index >= 15 is 0 Å². The fraction of sp³-hybridized carbons (Fsp3) is 0.316. The molecule has 2 aromatic rings. The normalized spacial score (nSPS) is 15.8. The summed E-state index contributed by atoms with van der Waals surface area (Å²) < 4.78 is 42.4. The maximum absolute atomic E-state index is 12.6. The van der Waals surface area contributed by atoms with Crippen molar-refractivity contribution in [2.75, 3.05) is 40.5 Å². The number of methoxy groups -OCH3 is 2. The minimum atomic E-state index is -3.49. The standard InChI is InChI=1S/C19H22N2O5S/c1-24-18-8-3-15(13-19(18)25-2)14-20-16-4-6-17(7-5-16)27(22,23)21-9-11-26-12-10-21/h3-8,13-14H,9-12H2,1-2H3. The Balaban J connectivity index is 1.75. The summed E-state index contributed by atoms with van der Waals surface area (Å²) in [7, 11) is -0.334. The van der Waals surface area contributed by atoms with Crippen molar-refractivity contribution in [1.29, 1.82) is 0 Å². The van der Waals surface area contributed by atoms with Gasteiger partial charge in [0.1, 0.15) is 0 Å². The van der Waals surface area contributed by atoms with E-state index in [1.807, 2.05) is 12.1 Å². The summed E-state index contributed by atoms with van der Waals surface area (Å²) in [4.78, 5) is 4.65. The van der Waals surface area contributed by atoms with Gasteiger partial charge in [-0.25, -0.2) is 8.42 Å². The summed E-state index contributed by atoms with van der Waals surface area (Å²) in [6.07, 6.45) is 1.69. The number of morpholine rings is 1. The van der Waals surface area contributed by atoms with Crippen LogP contribution in [0, 0.1) is 0 Å². The third-order valence-corrected chi connectivity index (χ3v) is 6.13. The number of rotatable bonds is 6. The second-order valence-corrected chi connectivity index (χ2v) is 7.82. The van der Waals surface area contributed by atoms with Gasteiger partial charge in [0.05, 0.1) is 38.0 Å². The summed E-state index contributed by atoms with van der Waals surface area (Å²) in [5.74, 6) is 1.26. The number of hydrogen-bond acceptors (Lipinski definition) is 6. The lowest BCUT2D eigenvalue weighted by Gasteiger charge is -2.26. The van der Waals surface area contributed by atoms with Gasteiger partial charge >= 0.3 is 0 Å². The largest absolute Gasteiger partial charge is 0.493 e. The molecule has 0 unspecified atom stereocenters. The number of aliphatic imine (C=N–C) groups is 1. The monoisotopic (exact) mass is 390 g/mol. The zero-order valence-electron chi connectivity index (χ0n) is 15.3. The van der Waals surface area contributed by atoms with E-state index in [1.54, 1.807) is 50.8 Å². The lowest BCUT2D eigenvalue weighted by Crippen LogP contribution is -2.40. The molecule has 0 aliphatic carbocycles. The molecular formula is C19H22N2O5S. The molecule has 1 aliphatic rings. The molecule has 0 spiro atoms. The smallest absolute Gasteiger partial charge is 0.243 e. The van der Waals surface area contributed by atoms with Crippen molar-refractivity contribution in [3.8, 4) is 11.5 Å². The van der Waals surface area contributed by atoms with Gasteiger partial charge in [0, 0.05) is 19.3 Å². The highest BCUT2D eigenvalue weighted by atomic mass is 32.2.